The van der Waals surface area contributed by atoms with Crippen LogP contribution in [0.2, 0.25) is 0 Å². The zero-order valence-corrected chi connectivity index (χ0v) is 25.1. The highest BCUT2D eigenvalue weighted by molar-refractivity contribution is 6.02. The summed E-state index contributed by atoms with van der Waals surface area (Å²) in [4.78, 5) is 44.7. The summed E-state index contributed by atoms with van der Waals surface area (Å²) < 4.78 is 14.9. The minimum absolute atomic E-state index is 0.0479. The molecule has 3 N–H and O–H groups in total. The fourth-order valence-electron chi connectivity index (χ4n) is 6.28. The van der Waals surface area contributed by atoms with E-state index in [1.807, 2.05) is 19.0 Å². The number of likely N-dealkylation sites (tertiary alicyclic amines) is 1. The highest BCUT2D eigenvalue weighted by atomic mass is 19.1. The number of aromatic hydroxyl groups is 2. The number of hydrogen-bond acceptors (Lipinski definition) is 7. The Labute approximate surface area is 252 Å². The van der Waals surface area contributed by atoms with Crippen molar-refractivity contribution >= 4 is 17.5 Å². The van der Waals surface area contributed by atoms with Crippen LogP contribution < -0.4 is 5.32 Å². The van der Waals surface area contributed by atoms with Crippen LogP contribution in [0, 0.1) is 24.6 Å². The Balaban J connectivity index is 1.76. The Bertz CT molecular complexity index is 1410. The predicted octanol–water partition coefficient (Wildman–Crippen LogP) is 4.40. The van der Waals surface area contributed by atoms with E-state index in [-0.39, 0.29) is 35.0 Å². The van der Waals surface area contributed by atoms with Gasteiger partial charge in [0, 0.05) is 49.0 Å². The summed E-state index contributed by atoms with van der Waals surface area (Å²) >= 11 is 0. The topological polar surface area (TPSA) is 110 Å². The van der Waals surface area contributed by atoms with Crippen molar-refractivity contribution < 1.29 is 29.0 Å². The first-order valence-corrected chi connectivity index (χ1v) is 14.5. The van der Waals surface area contributed by atoms with Crippen LogP contribution >= 0.6 is 0 Å². The average molecular weight is 590 g/mol. The van der Waals surface area contributed by atoms with E-state index >= 15 is 0 Å². The molecule has 228 valence electrons. The maximum Gasteiger partial charge on any atom is 0.237 e. The molecule has 0 spiro atoms. The molecule has 3 aromatic carbocycles. The molecule has 0 aliphatic carbocycles. The first-order chi connectivity index (χ1) is 20.5. The average Bonchev–Trinajstić information content (AvgIpc) is 2.99. The van der Waals surface area contributed by atoms with Crippen molar-refractivity contribution in [3.05, 3.63) is 94.8 Å². The number of benzene rings is 3. The number of halogens is 1. The number of Topliss-reactive ketones (excluding diaryl/α,β-unsaturated/α-hetero) is 2. The Hall–Kier alpha value is -4.08. The summed E-state index contributed by atoms with van der Waals surface area (Å²) in [6.07, 6.45) is 1.21. The van der Waals surface area contributed by atoms with Gasteiger partial charge in [-0.2, -0.15) is 0 Å². The van der Waals surface area contributed by atoms with Crippen molar-refractivity contribution in [2.45, 2.75) is 31.7 Å². The van der Waals surface area contributed by atoms with Gasteiger partial charge in [0.15, 0.2) is 11.6 Å². The molecule has 9 heteroatoms. The molecule has 0 radical (unpaired) electrons. The third-order valence-electron chi connectivity index (χ3n) is 8.50. The van der Waals surface area contributed by atoms with E-state index in [0.29, 0.717) is 54.7 Å². The minimum atomic E-state index is -0.731. The van der Waals surface area contributed by atoms with Gasteiger partial charge in [-0.15, -0.1) is 0 Å². The van der Waals surface area contributed by atoms with Crippen LogP contribution in [0.25, 0.3) is 0 Å². The summed E-state index contributed by atoms with van der Waals surface area (Å²) in [6, 6.07) is 16.7. The molecule has 3 aromatic rings. The third-order valence-corrected chi connectivity index (χ3v) is 8.50. The number of nitrogens with zero attached hydrogens (tertiary/aromatic N) is 2. The van der Waals surface area contributed by atoms with Crippen molar-refractivity contribution in [3.63, 3.8) is 0 Å². The van der Waals surface area contributed by atoms with Crippen molar-refractivity contribution in [3.8, 4) is 11.5 Å². The number of hydrogen-bond donors (Lipinski definition) is 3. The number of carbonyl (C=O) groups excluding carboxylic acids is 3. The Morgan fingerprint density at radius 1 is 0.930 bits per heavy atom. The number of likely N-dealkylation sites (N-methyl/N-ethyl adjacent to an activating group) is 2. The maximum atomic E-state index is 14.9. The molecule has 0 aromatic heterocycles. The lowest BCUT2D eigenvalue weighted by molar-refractivity contribution is -0.125. The van der Waals surface area contributed by atoms with Gasteiger partial charge in [0.25, 0.3) is 0 Å². The molecule has 1 heterocycles. The summed E-state index contributed by atoms with van der Waals surface area (Å²) in [5, 5.41) is 23.0. The Morgan fingerprint density at radius 2 is 1.47 bits per heavy atom. The smallest absolute Gasteiger partial charge is 0.237 e. The quantitative estimate of drug-likeness (QED) is 0.285. The molecule has 1 aliphatic heterocycles. The van der Waals surface area contributed by atoms with E-state index in [1.54, 1.807) is 50.4 Å². The number of carbonyl (C=O) groups is 3. The number of amides is 1. The first-order valence-electron chi connectivity index (χ1n) is 14.5. The van der Waals surface area contributed by atoms with E-state index in [2.05, 4.69) is 10.2 Å². The van der Waals surface area contributed by atoms with Crippen LogP contribution in [0.15, 0.2) is 66.7 Å². The molecule has 1 amide bonds. The third kappa shape index (κ3) is 7.29. The van der Waals surface area contributed by atoms with E-state index in [1.165, 1.54) is 30.3 Å². The van der Waals surface area contributed by atoms with E-state index in [4.69, 9.17) is 0 Å². The van der Waals surface area contributed by atoms with Crippen LogP contribution in [-0.4, -0.2) is 84.3 Å². The monoisotopic (exact) mass is 589 g/mol. The van der Waals surface area contributed by atoms with E-state index < -0.39 is 23.6 Å². The highest BCUT2D eigenvalue weighted by Crippen LogP contribution is 2.43. The summed E-state index contributed by atoms with van der Waals surface area (Å²) in [5.41, 5.74) is 1.58. The van der Waals surface area contributed by atoms with E-state index in [0.717, 1.165) is 0 Å². The zero-order chi connectivity index (χ0) is 31.3. The molecule has 4 atom stereocenters. The van der Waals surface area contributed by atoms with Gasteiger partial charge in [-0.3, -0.25) is 19.3 Å². The van der Waals surface area contributed by atoms with Gasteiger partial charge in [0.1, 0.15) is 17.3 Å². The van der Waals surface area contributed by atoms with Crippen LogP contribution in [0.1, 0.15) is 50.6 Å². The zero-order valence-electron chi connectivity index (χ0n) is 25.1. The normalized spacial score (nSPS) is 19.6. The van der Waals surface area contributed by atoms with Crippen LogP contribution in [0.5, 0.6) is 11.5 Å². The lowest BCUT2D eigenvalue weighted by Gasteiger charge is -2.43. The van der Waals surface area contributed by atoms with Gasteiger partial charge in [0.2, 0.25) is 5.91 Å². The van der Waals surface area contributed by atoms with Crippen molar-refractivity contribution in [2.75, 3.05) is 40.8 Å². The van der Waals surface area contributed by atoms with Gasteiger partial charge < -0.3 is 20.4 Å². The molecule has 0 bridgehead atoms. The standard InChI is InChI=1S/C34H40FN3O5/c1-21-26(13-7-14-29(21)35)31-27(32(41)22-9-5-11-24(39)17-22)19-38(16-8-15-30(37(3)4)34(43)36-2)20-28(31)33(42)23-10-6-12-25(40)18-23/h5-7,9-14,17-18,27-28,30-31,39-40H,8,15-16,19-20H2,1-4H3,(H,36,43)/t27-,28+,30-,31?/m0/s1. The van der Waals surface area contributed by atoms with Crippen LogP contribution in [0.4, 0.5) is 4.39 Å². The second-order valence-corrected chi connectivity index (χ2v) is 11.5. The molecule has 1 saturated heterocycles. The first kappa shape index (κ1) is 31.8. The van der Waals surface area contributed by atoms with Crippen molar-refractivity contribution in [2.24, 2.45) is 11.8 Å². The number of nitrogens with one attached hydrogen (secondary N) is 1. The summed E-state index contributed by atoms with van der Waals surface area (Å²) in [5.74, 6) is -3.22. The highest BCUT2D eigenvalue weighted by Gasteiger charge is 2.45. The minimum Gasteiger partial charge on any atom is -0.508 e. The van der Waals surface area contributed by atoms with Gasteiger partial charge in [0.05, 0.1) is 6.04 Å². The number of phenols is 2. The van der Waals surface area contributed by atoms with Gasteiger partial charge >= 0.3 is 0 Å². The molecule has 1 unspecified atom stereocenters. The Kier molecular flexibility index (Phi) is 10.3. The van der Waals surface area contributed by atoms with Crippen LogP contribution in [0.3, 0.4) is 0 Å². The molecule has 1 aliphatic rings. The molecule has 8 nitrogen and oxygen atoms in total. The molecule has 4 rings (SSSR count). The Morgan fingerprint density at radius 3 is 1.95 bits per heavy atom. The number of rotatable bonds is 11. The fraction of sp³-hybridized carbons (Fsp3) is 0.382. The molecular weight excluding hydrogens is 549 g/mol. The molecule has 1 fully saturated rings. The van der Waals surface area contributed by atoms with Crippen molar-refractivity contribution in [1.82, 2.24) is 15.1 Å². The van der Waals surface area contributed by atoms with E-state index in [9.17, 15) is 29.0 Å². The van der Waals surface area contributed by atoms with Gasteiger partial charge in [-0.1, -0.05) is 36.4 Å². The summed E-state index contributed by atoms with van der Waals surface area (Å²) in [7, 11) is 5.30. The lowest BCUT2D eigenvalue weighted by atomic mass is 9.67. The fourth-order valence-corrected chi connectivity index (χ4v) is 6.28. The predicted molar refractivity (Wildman–Crippen MR) is 163 cm³/mol. The SMILES string of the molecule is CNC(=O)[C@H](CCCN1C[C@H](C(=O)c2cccc(O)c2)C(c2cccc(F)c2C)[C@H](C(=O)c2cccc(O)c2)C1)N(C)C. The number of phenolic OH excluding ortho intramolecular Hbond substituents is 2. The van der Waals surface area contributed by atoms with Crippen molar-refractivity contribution in [1.29, 1.82) is 0 Å². The number of piperidine rings is 1. The molecule has 43 heavy (non-hydrogen) atoms. The van der Waals surface area contributed by atoms with Gasteiger partial charge in [-0.25, -0.2) is 4.39 Å². The second-order valence-electron chi connectivity index (χ2n) is 11.5. The molecular formula is C34H40FN3O5. The largest absolute Gasteiger partial charge is 0.508 e. The summed E-state index contributed by atoms with van der Waals surface area (Å²) in [6.45, 7) is 2.81. The maximum absolute atomic E-state index is 14.9. The number of ketones is 2. The van der Waals surface area contributed by atoms with Crippen LogP contribution in [-0.2, 0) is 4.79 Å². The molecule has 0 saturated carbocycles. The second kappa shape index (κ2) is 13.9. The van der Waals surface area contributed by atoms with Gasteiger partial charge in [-0.05, 0) is 81.9 Å². The lowest BCUT2D eigenvalue weighted by Crippen LogP contribution is -2.51.